The van der Waals surface area contributed by atoms with Gasteiger partial charge in [-0.3, -0.25) is 9.36 Å². The van der Waals surface area contributed by atoms with Gasteiger partial charge in [0.05, 0.1) is 24.3 Å². The van der Waals surface area contributed by atoms with Crippen LogP contribution in [0.4, 0.5) is 0 Å². The fourth-order valence-corrected chi connectivity index (χ4v) is 2.72. The molecule has 3 rings (SSSR count). The second kappa shape index (κ2) is 4.63. The lowest BCUT2D eigenvalue weighted by Gasteiger charge is -2.08. The molecule has 0 aliphatic heterocycles. The average Bonchev–Trinajstić information content (AvgIpc) is 3.02. The first-order valence-electron chi connectivity index (χ1n) is 6.45. The number of fused-ring (bicyclic) bond motifs is 1. The predicted octanol–water partition coefficient (Wildman–Crippen LogP) is 1.91. The first-order chi connectivity index (χ1) is 9.52. The lowest BCUT2D eigenvalue weighted by molar-refractivity contribution is 0.696. The van der Waals surface area contributed by atoms with Crippen molar-refractivity contribution in [3.63, 3.8) is 0 Å². The molecule has 6 nitrogen and oxygen atoms in total. The molecule has 0 bridgehead atoms. The standard InChI is InChI=1S/C13H17ClN6/c1-8-12-13(19(4)17-8)20(11(5-14)16-12)7-10-6-15-18(3)9(10)2/h6H,5,7H2,1-4H3. The van der Waals surface area contributed by atoms with Crippen molar-refractivity contribution < 1.29 is 0 Å². The topological polar surface area (TPSA) is 53.5 Å². The summed E-state index contributed by atoms with van der Waals surface area (Å²) in [7, 11) is 3.88. The summed E-state index contributed by atoms with van der Waals surface area (Å²) >= 11 is 6.04. The van der Waals surface area contributed by atoms with Gasteiger partial charge in [-0.05, 0) is 13.8 Å². The van der Waals surface area contributed by atoms with Crippen LogP contribution in [-0.2, 0) is 26.5 Å². The van der Waals surface area contributed by atoms with Gasteiger partial charge < -0.3 is 4.57 Å². The van der Waals surface area contributed by atoms with Crippen molar-refractivity contribution in [2.24, 2.45) is 14.1 Å². The minimum Gasteiger partial charge on any atom is -0.307 e. The summed E-state index contributed by atoms with van der Waals surface area (Å²) in [5, 5.41) is 8.71. The van der Waals surface area contributed by atoms with E-state index in [1.165, 1.54) is 0 Å². The molecule has 3 heterocycles. The molecule has 0 aromatic carbocycles. The summed E-state index contributed by atoms with van der Waals surface area (Å²) in [6.07, 6.45) is 1.89. The lowest BCUT2D eigenvalue weighted by atomic mass is 10.2. The minimum atomic E-state index is 0.382. The Morgan fingerprint density at radius 3 is 2.55 bits per heavy atom. The summed E-state index contributed by atoms with van der Waals surface area (Å²) < 4.78 is 5.85. The molecule has 0 aliphatic carbocycles. The van der Waals surface area contributed by atoms with Crippen molar-refractivity contribution >= 4 is 22.8 Å². The van der Waals surface area contributed by atoms with Gasteiger partial charge >= 0.3 is 0 Å². The van der Waals surface area contributed by atoms with Crippen LogP contribution in [0.25, 0.3) is 11.2 Å². The monoisotopic (exact) mass is 292 g/mol. The number of halogens is 1. The van der Waals surface area contributed by atoms with E-state index in [1.807, 2.05) is 36.6 Å². The number of aryl methyl sites for hydroxylation is 3. The number of hydrogen-bond acceptors (Lipinski definition) is 3. The molecule has 3 aromatic rings. The first kappa shape index (κ1) is 13.2. The molecule has 0 N–H and O–H groups in total. The van der Waals surface area contributed by atoms with E-state index >= 15 is 0 Å². The van der Waals surface area contributed by atoms with E-state index in [0.29, 0.717) is 12.4 Å². The third kappa shape index (κ3) is 1.83. The Hall–Kier alpha value is -1.82. The Kier molecular flexibility index (Phi) is 3.05. The number of aromatic nitrogens is 6. The molecule has 0 fully saturated rings. The van der Waals surface area contributed by atoms with Gasteiger partial charge in [0.25, 0.3) is 0 Å². The highest BCUT2D eigenvalue weighted by Gasteiger charge is 2.18. The quantitative estimate of drug-likeness (QED) is 0.693. The largest absolute Gasteiger partial charge is 0.307 e. The highest BCUT2D eigenvalue weighted by molar-refractivity contribution is 6.16. The van der Waals surface area contributed by atoms with E-state index in [-0.39, 0.29) is 0 Å². The zero-order chi connectivity index (χ0) is 14.4. The van der Waals surface area contributed by atoms with Gasteiger partial charge in [0, 0.05) is 25.4 Å². The molecule has 3 aromatic heterocycles. The van der Waals surface area contributed by atoms with Gasteiger partial charge in [0.15, 0.2) is 5.65 Å². The van der Waals surface area contributed by atoms with Gasteiger partial charge in [-0.15, -0.1) is 11.6 Å². The third-order valence-electron chi connectivity index (χ3n) is 3.75. The maximum Gasteiger partial charge on any atom is 0.159 e. The zero-order valence-corrected chi connectivity index (χ0v) is 12.8. The number of hydrogen-bond donors (Lipinski definition) is 0. The van der Waals surface area contributed by atoms with Crippen molar-refractivity contribution in [2.45, 2.75) is 26.3 Å². The molecule has 0 aliphatic rings. The number of nitrogens with zero attached hydrogens (tertiary/aromatic N) is 6. The van der Waals surface area contributed by atoms with Crippen molar-refractivity contribution in [3.05, 3.63) is 29.0 Å². The van der Waals surface area contributed by atoms with Crippen LogP contribution < -0.4 is 0 Å². The Morgan fingerprint density at radius 2 is 1.95 bits per heavy atom. The maximum atomic E-state index is 6.04. The zero-order valence-electron chi connectivity index (χ0n) is 12.1. The smallest absolute Gasteiger partial charge is 0.159 e. The average molecular weight is 293 g/mol. The normalized spacial score (nSPS) is 11.7. The van der Waals surface area contributed by atoms with Crippen LogP contribution in [0.5, 0.6) is 0 Å². The second-order valence-corrected chi connectivity index (χ2v) is 5.28. The molecule has 20 heavy (non-hydrogen) atoms. The Bertz CT molecular complexity index is 779. The molecule has 0 amide bonds. The van der Waals surface area contributed by atoms with Gasteiger partial charge in [-0.25, -0.2) is 4.98 Å². The Morgan fingerprint density at radius 1 is 1.20 bits per heavy atom. The van der Waals surface area contributed by atoms with Crippen LogP contribution in [0.15, 0.2) is 6.20 Å². The van der Waals surface area contributed by atoms with E-state index in [9.17, 15) is 0 Å². The molecule has 0 atom stereocenters. The van der Waals surface area contributed by atoms with Crippen molar-refractivity contribution in [1.29, 1.82) is 0 Å². The first-order valence-corrected chi connectivity index (χ1v) is 6.98. The highest BCUT2D eigenvalue weighted by Crippen LogP contribution is 2.22. The lowest BCUT2D eigenvalue weighted by Crippen LogP contribution is -2.08. The molecule has 0 saturated carbocycles. The molecular formula is C13H17ClN6. The van der Waals surface area contributed by atoms with Gasteiger partial charge in [-0.2, -0.15) is 10.2 Å². The van der Waals surface area contributed by atoms with Crippen molar-refractivity contribution in [3.8, 4) is 0 Å². The second-order valence-electron chi connectivity index (χ2n) is 5.01. The van der Waals surface area contributed by atoms with E-state index < -0.39 is 0 Å². The summed E-state index contributed by atoms with van der Waals surface area (Å²) in [6.45, 7) is 4.73. The van der Waals surface area contributed by atoms with E-state index in [4.69, 9.17) is 11.6 Å². The molecule has 7 heteroatoms. The fraction of sp³-hybridized carbons (Fsp3) is 0.462. The van der Waals surface area contributed by atoms with Crippen LogP contribution in [0.2, 0.25) is 0 Å². The van der Waals surface area contributed by atoms with Gasteiger partial charge in [0.1, 0.15) is 11.3 Å². The summed E-state index contributed by atoms with van der Waals surface area (Å²) in [6, 6.07) is 0. The summed E-state index contributed by atoms with van der Waals surface area (Å²) in [5.41, 5.74) is 5.16. The molecule has 0 unspecified atom stereocenters. The van der Waals surface area contributed by atoms with E-state index in [1.54, 1.807) is 0 Å². The Balaban J connectivity index is 2.16. The van der Waals surface area contributed by atoms with Crippen LogP contribution in [0, 0.1) is 13.8 Å². The fourth-order valence-electron chi connectivity index (χ4n) is 2.52. The Labute approximate surface area is 122 Å². The van der Waals surface area contributed by atoms with Crippen LogP contribution in [-0.4, -0.2) is 29.1 Å². The van der Waals surface area contributed by atoms with E-state index in [2.05, 4.69) is 26.7 Å². The summed E-state index contributed by atoms with van der Waals surface area (Å²) in [5.74, 6) is 1.24. The molecular weight excluding hydrogens is 276 g/mol. The summed E-state index contributed by atoms with van der Waals surface area (Å²) in [4.78, 5) is 4.60. The molecule has 106 valence electrons. The van der Waals surface area contributed by atoms with Gasteiger partial charge in [-0.1, -0.05) is 0 Å². The highest BCUT2D eigenvalue weighted by atomic mass is 35.5. The predicted molar refractivity (Wildman–Crippen MR) is 77.8 cm³/mol. The van der Waals surface area contributed by atoms with Crippen molar-refractivity contribution in [1.82, 2.24) is 29.1 Å². The number of imidazole rings is 1. The SMILES string of the molecule is Cc1nn(C)c2c1nc(CCl)n2Cc1cnn(C)c1C. The van der Waals surface area contributed by atoms with E-state index in [0.717, 1.165) is 33.9 Å². The van der Waals surface area contributed by atoms with Crippen LogP contribution in [0.1, 0.15) is 22.8 Å². The molecule has 0 spiro atoms. The van der Waals surface area contributed by atoms with Crippen LogP contribution >= 0.6 is 11.6 Å². The van der Waals surface area contributed by atoms with Gasteiger partial charge in [0.2, 0.25) is 0 Å². The number of rotatable bonds is 3. The number of alkyl halides is 1. The maximum absolute atomic E-state index is 6.04. The molecule has 0 saturated heterocycles. The van der Waals surface area contributed by atoms with Crippen LogP contribution in [0.3, 0.4) is 0 Å². The minimum absolute atomic E-state index is 0.382. The van der Waals surface area contributed by atoms with Crippen molar-refractivity contribution in [2.75, 3.05) is 0 Å². The molecule has 0 radical (unpaired) electrons. The third-order valence-corrected chi connectivity index (χ3v) is 3.99.